The third-order valence-electron chi connectivity index (χ3n) is 5.30. The Kier molecular flexibility index (Phi) is 7.43. The van der Waals surface area contributed by atoms with E-state index < -0.39 is 6.10 Å². The molecule has 2 amide bonds. The summed E-state index contributed by atoms with van der Waals surface area (Å²) in [4.78, 5) is 31.0. The average Bonchev–Trinajstić information content (AvgIpc) is 2.70. The van der Waals surface area contributed by atoms with Gasteiger partial charge in [0.2, 0.25) is 5.91 Å². The van der Waals surface area contributed by atoms with Gasteiger partial charge in [0.25, 0.3) is 5.91 Å². The van der Waals surface area contributed by atoms with Gasteiger partial charge in [-0.2, -0.15) is 0 Å². The number of nitrogens with zero attached hydrogens (tertiary/aromatic N) is 3. The topological polar surface area (TPSA) is 53.1 Å². The SMILES string of the molecule is CC(Oc1ccc(Cl)cc1Cl)C(=O)N1CCN(CC(=O)N2CCCCC2)CC1. The van der Waals surface area contributed by atoms with Gasteiger partial charge in [-0.25, -0.2) is 0 Å². The molecule has 0 aliphatic carbocycles. The molecule has 154 valence electrons. The Balaban J connectivity index is 1.45. The largest absolute Gasteiger partial charge is 0.479 e. The molecule has 1 aromatic carbocycles. The van der Waals surface area contributed by atoms with Crippen LogP contribution in [0.25, 0.3) is 0 Å². The Morgan fingerprint density at radius 3 is 2.32 bits per heavy atom. The third kappa shape index (κ3) is 5.52. The molecule has 0 N–H and O–H groups in total. The molecule has 1 unspecified atom stereocenters. The molecule has 0 aromatic heterocycles. The number of piperidine rings is 1. The maximum absolute atomic E-state index is 12.7. The fourth-order valence-electron chi connectivity index (χ4n) is 3.63. The second-order valence-electron chi connectivity index (χ2n) is 7.38. The minimum Gasteiger partial charge on any atom is -0.479 e. The Morgan fingerprint density at radius 2 is 1.68 bits per heavy atom. The lowest BCUT2D eigenvalue weighted by molar-refractivity contribution is -0.140. The molecule has 1 aromatic rings. The van der Waals surface area contributed by atoms with Crippen LogP contribution in [0, 0.1) is 0 Å². The van der Waals surface area contributed by atoms with Gasteiger partial charge >= 0.3 is 0 Å². The average molecular weight is 428 g/mol. The monoisotopic (exact) mass is 427 g/mol. The first kappa shape index (κ1) is 21.2. The van der Waals surface area contributed by atoms with E-state index in [2.05, 4.69) is 4.90 Å². The van der Waals surface area contributed by atoms with Gasteiger partial charge in [0.1, 0.15) is 5.75 Å². The van der Waals surface area contributed by atoms with Gasteiger partial charge in [-0.1, -0.05) is 23.2 Å². The van der Waals surface area contributed by atoms with Crippen molar-refractivity contribution in [3.05, 3.63) is 28.2 Å². The number of halogens is 2. The third-order valence-corrected chi connectivity index (χ3v) is 5.83. The molecule has 0 radical (unpaired) electrons. The summed E-state index contributed by atoms with van der Waals surface area (Å²) in [5.74, 6) is 0.569. The van der Waals surface area contributed by atoms with Crippen LogP contribution in [0.1, 0.15) is 26.2 Å². The number of hydrogen-bond donors (Lipinski definition) is 0. The molecule has 0 spiro atoms. The number of amides is 2. The Hall–Kier alpha value is -1.50. The number of carbonyl (C=O) groups excluding carboxylic acids is 2. The fourth-order valence-corrected chi connectivity index (χ4v) is 4.08. The molecule has 2 heterocycles. The summed E-state index contributed by atoms with van der Waals surface area (Å²) in [5.41, 5.74) is 0. The zero-order chi connectivity index (χ0) is 20.1. The highest BCUT2D eigenvalue weighted by Gasteiger charge is 2.28. The van der Waals surface area contributed by atoms with E-state index >= 15 is 0 Å². The van der Waals surface area contributed by atoms with Crippen LogP contribution in [0.4, 0.5) is 0 Å². The van der Waals surface area contributed by atoms with Crippen LogP contribution in [-0.2, 0) is 9.59 Å². The molecular weight excluding hydrogens is 401 g/mol. The zero-order valence-electron chi connectivity index (χ0n) is 16.2. The normalized spacial score (nSPS) is 19.4. The van der Waals surface area contributed by atoms with Gasteiger partial charge in [-0.15, -0.1) is 0 Å². The molecule has 6 nitrogen and oxygen atoms in total. The number of piperazine rings is 1. The molecule has 1 atom stereocenters. The number of likely N-dealkylation sites (tertiary alicyclic amines) is 1. The predicted octanol–water partition coefficient (Wildman–Crippen LogP) is 2.92. The number of carbonyl (C=O) groups is 2. The van der Waals surface area contributed by atoms with E-state index in [-0.39, 0.29) is 11.8 Å². The van der Waals surface area contributed by atoms with E-state index in [1.54, 1.807) is 30.0 Å². The number of benzene rings is 1. The highest BCUT2D eigenvalue weighted by atomic mass is 35.5. The van der Waals surface area contributed by atoms with Gasteiger partial charge in [-0.3, -0.25) is 14.5 Å². The first-order valence-corrected chi connectivity index (χ1v) is 10.6. The van der Waals surface area contributed by atoms with Crippen molar-refractivity contribution in [2.24, 2.45) is 0 Å². The molecular formula is C20H27Cl2N3O3. The summed E-state index contributed by atoms with van der Waals surface area (Å²) < 4.78 is 5.73. The van der Waals surface area contributed by atoms with Crippen LogP contribution in [0.3, 0.4) is 0 Å². The molecule has 28 heavy (non-hydrogen) atoms. The minimum absolute atomic E-state index is 0.0759. The van der Waals surface area contributed by atoms with Crippen LogP contribution in [0.5, 0.6) is 5.75 Å². The van der Waals surface area contributed by atoms with Crippen LogP contribution >= 0.6 is 23.2 Å². The van der Waals surface area contributed by atoms with Crippen LogP contribution < -0.4 is 4.74 Å². The van der Waals surface area contributed by atoms with Gasteiger partial charge < -0.3 is 14.5 Å². The highest BCUT2D eigenvalue weighted by Crippen LogP contribution is 2.28. The summed E-state index contributed by atoms with van der Waals surface area (Å²) in [6, 6.07) is 4.93. The zero-order valence-corrected chi connectivity index (χ0v) is 17.7. The van der Waals surface area contributed by atoms with Crippen molar-refractivity contribution in [2.45, 2.75) is 32.3 Å². The number of ether oxygens (including phenoxy) is 1. The molecule has 2 aliphatic heterocycles. The first-order valence-electron chi connectivity index (χ1n) is 9.84. The van der Waals surface area contributed by atoms with Crippen molar-refractivity contribution in [2.75, 3.05) is 45.8 Å². The lowest BCUT2D eigenvalue weighted by atomic mass is 10.1. The molecule has 2 fully saturated rings. The second-order valence-corrected chi connectivity index (χ2v) is 8.22. The van der Waals surface area contributed by atoms with Crippen molar-refractivity contribution in [3.8, 4) is 5.75 Å². The summed E-state index contributed by atoms with van der Waals surface area (Å²) in [7, 11) is 0. The van der Waals surface area contributed by atoms with E-state index in [4.69, 9.17) is 27.9 Å². The van der Waals surface area contributed by atoms with Crippen molar-refractivity contribution in [3.63, 3.8) is 0 Å². The quantitative estimate of drug-likeness (QED) is 0.724. The lowest BCUT2D eigenvalue weighted by Crippen LogP contribution is -2.54. The smallest absolute Gasteiger partial charge is 0.263 e. The maximum atomic E-state index is 12.7. The van der Waals surface area contributed by atoms with E-state index in [0.717, 1.165) is 25.9 Å². The van der Waals surface area contributed by atoms with Crippen molar-refractivity contribution < 1.29 is 14.3 Å². The van der Waals surface area contributed by atoms with Crippen LogP contribution in [-0.4, -0.2) is 78.4 Å². The molecule has 0 saturated carbocycles. The maximum Gasteiger partial charge on any atom is 0.263 e. The fraction of sp³-hybridized carbons (Fsp3) is 0.600. The Morgan fingerprint density at radius 1 is 1.00 bits per heavy atom. The summed E-state index contributed by atoms with van der Waals surface area (Å²) >= 11 is 12.0. The minimum atomic E-state index is -0.639. The van der Waals surface area contributed by atoms with Crippen LogP contribution in [0.2, 0.25) is 10.0 Å². The van der Waals surface area contributed by atoms with E-state index in [1.165, 1.54) is 6.42 Å². The Bertz CT molecular complexity index is 702. The van der Waals surface area contributed by atoms with Gasteiger partial charge in [-0.05, 0) is 44.4 Å². The van der Waals surface area contributed by atoms with E-state index in [9.17, 15) is 9.59 Å². The molecule has 2 saturated heterocycles. The molecule has 8 heteroatoms. The van der Waals surface area contributed by atoms with Crippen molar-refractivity contribution in [1.29, 1.82) is 0 Å². The van der Waals surface area contributed by atoms with Crippen molar-refractivity contribution >= 4 is 35.0 Å². The molecule has 0 bridgehead atoms. The highest BCUT2D eigenvalue weighted by molar-refractivity contribution is 6.35. The van der Waals surface area contributed by atoms with Gasteiger partial charge in [0.15, 0.2) is 6.10 Å². The lowest BCUT2D eigenvalue weighted by Gasteiger charge is -2.36. The number of hydrogen-bond acceptors (Lipinski definition) is 4. The first-order chi connectivity index (χ1) is 13.4. The summed E-state index contributed by atoms with van der Waals surface area (Å²) in [6.45, 7) is 6.48. The summed E-state index contributed by atoms with van der Waals surface area (Å²) in [6.07, 6.45) is 2.78. The van der Waals surface area contributed by atoms with Crippen molar-refractivity contribution in [1.82, 2.24) is 14.7 Å². The van der Waals surface area contributed by atoms with Gasteiger partial charge in [0, 0.05) is 44.3 Å². The van der Waals surface area contributed by atoms with E-state index in [0.29, 0.717) is 48.5 Å². The molecule has 2 aliphatic rings. The Labute approximate surface area is 176 Å². The predicted molar refractivity (Wildman–Crippen MR) is 110 cm³/mol. The number of rotatable bonds is 5. The molecule has 3 rings (SSSR count). The standard InChI is InChI=1S/C20H27Cl2N3O3/c1-15(28-18-6-5-16(21)13-17(18)22)20(27)25-11-9-23(10-12-25)14-19(26)24-7-3-2-4-8-24/h5-6,13,15H,2-4,7-12,14H2,1H3. The van der Waals surface area contributed by atoms with E-state index in [1.807, 2.05) is 4.90 Å². The second kappa shape index (κ2) is 9.81. The van der Waals surface area contributed by atoms with Crippen LogP contribution in [0.15, 0.2) is 18.2 Å². The summed E-state index contributed by atoms with van der Waals surface area (Å²) in [5, 5.41) is 0.903. The van der Waals surface area contributed by atoms with Gasteiger partial charge in [0.05, 0.1) is 11.6 Å².